The monoisotopic (exact) mass is 236 g/mol. The van der Waals surface area contributed by atoms with Crippen molar-refractivity contribution in [3.8, 4) is 0 Å². The van der Waals surface area contributed by atoms with E-state index in [0.29, 0.717) is 5.56 Å². The van der Waals surface area contributed by atoms with Gasteiger partial charge in [0.25, 0.3) is 5.91 Å². The highest BCUT2D eigenvalue weighted by Gasteiger charge is 2.24. The summed E-state index contributed by atoms with van der Waals surface area (Å²) in [6.45, 7) is 5.46. The lowest BCUT2D eigenvalue weighted by Crippen LogP contribution is -2.52. The predicted octanol–water partition coefficient (Wildman–Crippen LogP) is 1.79. The molecule has 0 saturated heterocycles. The summed E-state index contributed by atoms with van der Waals surface area (Å²) in [5, 5.41) is 2.81. The molecule has 0 atom stereocenters. The average molecular weight is 236 g/mol. The quantitative estimate of drug-likeness (QED) is 0.787. The summed E-state index contributed by atoms with van der Waals surface area (Å²) in [5.74, 6) is -0.157. The minimum Gasteiger partial charge on any atom is -0.391 e. The van der Waals surface area contributed by atoms with Crippen molar-refractivity contribution in [2.75, 3.05) is 0 Å². The summed E-state index contributed by atoms with van der Waals surface area (Å²) in [4.78, 5) is 12.2. The summed E-state index contributed by atoms with van der Waals surface area (Å²) >= 11 is 4.90. The highest BCUT2D eigenvalue weighted by molar-refractivity contribution is 7.80. The minimum absolute atomic E-state index is 0.157. The molecule has 0 saturated carbocycles. The Bertz CT molecular complexity index is 427. The van der Waals surface area contributed by atoms with Gasteiger partial charge < -0.3 is 11.1 Å². The first-order chi connectivity index (χ1) is 7.34. The fourth-order valence-electron chi connectivity index (χ4n) is 1.24. The first-order valence-corrected chi connectivity index (χ1v) is 5.43. The van der Waals surface area contributed by atoms with Crippen LogP contribution in [0.3, 0.4) is 0 Å². The van der Waals surface area contributed by atoms with E-state index in [-0.39, 0.29) is 10.9 Å². The Balaban J connectivity index is 2.89. The van der Waals surface area contributed by atoms with Crippen LogP contribution in [-0.4, -0.2) is 16.4 Å². The molecule has 1 aromatic rings. The van der Waals surface area contributed by atoms with Gasteiger partial charge in [-0.1, -0.05) is 30.4 Å². The average Bonchev–Trinajstić information content (AvgIpc) is 2.17. The maximum absolute atomic E-state index is 12.0. The Morgan fingerprint density at radius 1 is 1.38 bits per heavy atom. The van der Waals surface area contributed by atoms with Gasteiger partial charge in [-0.05, 0) is 32.4 Å². The van der Waals surface area contributed by atoms with Gasteiger partial charge in [0.05, 0.1) is 10.5 Å². The third-order valence-corrected chi connectivity index (χ3v) is 2.94. The van der Waals surface area contributed by atoms with Crippen LogP contribution in [0.2, 0.25) is 0 Å². The zero-order valence-corrected chi connectivity index (χ0v) is 10.5. The fourth-order valence-corrected chi connectivity index (χ4v) is 1.29. The highest BCUT2D eigenvalue weighted by atomic mass is 32.1. The molecule has 1 amide bonds. The largest absolute Gasteiger partial charge is 0.391 e. The summed E-state index contributed by atoms with van der Waals surface area (Å²) < 4.78 is 0. The molecule has 0 aliphatic carbocycles. The van der Waals surface area contributed by atoms with E-state index in [1.165, 1.54) is 0 Å². The lowest BCUT2D eigenvalue weighted by Gasteiger charge is -2.25. The lowest BCUT2D eigenvalue weighted by molar-refractivity contribution is 0.0931. The number of hydrogen-bond donors (Lipinski definition) is 2. The molecule has 0 aliphatic heterocycles. The van der Waals surface area contributed by atoms with E-state index in [1.807, 2.05) is 25.1 Å². The topological polar surface area (TPSA) is 55.1 Å². The molecule has 0 aromatic heterocycles. The van der Waals surface area contributed by atoms with Crippen LogP contribution >= 0.6 is 12.2 Å². The van der Waals surface area contributed by atoms with Crippen LogP contribution in [0.1, 0.15) is 29.8 Å². The van der Waals surface area contributed by atoms with Gasteiger partial charge >= 0.3 is 0 Å². The zero-order chi connectivity index (χ0) is 12.3. The number of amides is 1. The summed E-state index contributed by atoms with van der Waals surface area (Å²) in [6.07, 6.45) is 0. The van der Waals surface area contributed by atoms with Gasteiger partial charge in [0.15, 0.2) is 0 Å². The standard InChI is InChI=1S/C12H16N2OS/c1-8-6-4-5-7-9(8)10(15)14-12(2,3)11(13)16/h4-7H,1-3H3,(H2,13,16)(H,14,15). The molecule has 0 fully saturated rings. The van der Waals surface area contributed by atoms with Gasteiger partial charge in [-0.2, -0.15) is 0 Å². The van der Waals surface area contributed by atoms with Crippen molar-refractivity contribution < 1.29 is 4.79 Å². The van der Waals surface area contributed by atoms with Crippen molar-refractivity contribution in [2.45, 2.75) is 26.3 Å². The van der Waals surface area contributed by atoms with E-state index in [1.54, 1.807) is 19.9 Å². The molecular formula is C12H16N2OS. The number of aryl methyl sites for hydroxylation is 1. The minimum atomic E-state index is -0.672. The van der Waals surface area contributed by atoms with E-state index in [2.05, 4.69) is 5.32 Å². The maximum atomic E-state index is 12.0. The van der Waals surface area contributed by atoms with Crippen LogP contribution in [0.4, 0.5) is 0 Å². The van der Waals surface area contributed by atoms with Crippen LogP contribution in [0.5, 0.6) is 0 Å². The van der Waals surface area contributed by atoms with Crippen molar-refractivity contribution in [1.82, 2.24) is 5.32 Å². The van der Waals surface area contributed by atoms with Crippen LogP contribution in [-0.2, 0) is 0 Å². The molecule has 0 aliphatic rings. The van der Waals surface area contributed by atoms with E-state index in [0.717, 1.165) is 5.56 Å². The van der Waals surface area contributed by atoms with E-state index in [4.69, 9.17) is 18.0 Å². The van der Waals surface area contributed by atoms with Gasteiger partial charge in [-0.3, -0.25) is 4.79 Å². The predicted molar refractivity (Wildman–Crippen MR) is 69.5 cm³/mol. The third kappa shape index (κ3) is 2.79. The number of thiocarbonyl (C=S) groups is 1. The lowest BCUT2D eigenvalue weighted by atomic mass is 10.0. The van der Waals surface area contributed by atoms with Gasteiger partial charge in [-0.25, -0.2) is 0 Å². The Kier molecular flexibility index (Phi) is 3.65. The Morgan fingerprint density at radius 3 is 2.44 bits per heavy atom. The molecule has 0 radical (unpaired) electrons. The Labute approximate surface area is 101 Å². The Hall–Kier alpha value is -1.42. The normalized spacial score (nSPS) is 10.9. The number of nitrogens with two attached hydrogens (primary N) is 1. The number of carbonyl (C=O) groups is 1. The second-order valence-electron chi connectivity index (χ2n) is 4.26. The van der Waals surface area contributed by atoms with Crippen LogP contribution in [0.15, 0.2) is 24.3 Å². The van der Waals surface area contributed by atoms with E-state index < -0.39 is 5.54 Å². The van der Waals surface area contributed by atoms with Crippen molar-refractivity contribution in [2.24, 2.45) is 5.73 Å². The summed E-state index contributed by atoms with van der Waals surface area (Å²) in [7, 11) is 0. The molecule has 3 N–H and O–H groups in total. The second kappa shape index (κ2) is 4.61. The zero-order valence-electron chi connectivity index (χ0n) is 9.70. The molecule has 86 valence electrons. The molecule has 3 nitrogen and oxygen atoms in total. The molecule has 0 bridgehead atoms. The van der Waals surface area contributed by atoms with Crippen LogP contribution < -0.4 is 11.1 Å². The van der Waals surface area contributed by atoms with Gasteiger partial charge in [0.2, 0.25) is 0 Å². The fraction of sp³-hybridized carbons (Fsp3) is 0.333. The summed E-state index contributed by atoms with van der Waals surface area (Å²) in [6, 6.07) is 7.39. The third-order valence-electron chi connectivity index (χ3n) is 2.43. The molecule has 1 rings (SSSR count). The number of rotatable bonds is 3. The SMILES string of the molecule is Cc1ccccc1C(=O)NC(C)(C)C(N)=S. The van der Waals surface area contributed by atoms with Crippen molar-refractivity contribution in [1.29, 1.82) is 0 Å². The van der Waals surface area contributed by atoms with E-state index >= 15 is 0 Å². The molecule has 0 unspecified atom stereocenters. The Morgan fingerprint density at radius 2 is 1.94 bits per heavy atom. The number of carbonyl (C=O) groups excluding carboxylic acids is 1. The molecule has 0 spiro atoms. The first-order valence-electron chi connectivity index (χ1n) is 5.02. The van der Waals surface area contributed by atoms with Crippen molar-refractivity contribution >= 4 is 23.1 Å². The van der Waals surface area contributed by atoms with Crippen molar-refractivity contribution in [3.05, 3.63) is 35.4 Å². The number of benzene rings is 1. The number of hydrogen-bond acceptors (Lipinski definition) is 2. The molecular weight excluding hydrogens is 220 g/mol. The highest BCUT2D eigenvalue weighted by Crippen LogP contribution is 2.10. The van der Waals surface area contributed by atoms with Crippen molar-refractivity contribution in [3.63, 3.8) is 0 Å². The van der Waals surface area contributed by atoms with E-state index in [9.17, 15) is 4.79 Å². The second-order valence-corrected chi connectivity index (χ2v) is 4.70. The summed E-state index contributed by atoms with van der Waals surface area (Å²) in [5.41, 5.74) is 6.45. The van der Waals surface area contributed by atoms with Crippen LogP contribution in [0.25, 0.3) is 0 Å². The molecule has 16 heavy (non-hydrogen) atoms. The molecule has 4 heteroatoms. The smallest absolute Gasteiger partial charge is 0.252 e. The number of nitrogens with one attached hydrogen (secondary N) is 1. The van der Waals surface area contributed by atoms with Gasteiger partial charge in [-0.15, -0.1) is 0 Å². The van der Waals surface area contributed by atoms with Gasteiger partial charge in [0.1, 0.15) is 0 Å². The maximum Gasteiger partial charge on any atom is 0.252 e. The van der Waals surface area contributed by atoms with Gasteiger partial charge in [0, 0.05) is 5.56 Å². The van der Waals surface area contributed by atoms with Crippen LogP contribution in [0, 0.1) is 6.92 Å². The molecule has 1 aromatic carbocycles. The first kappa shape index (κ1) is 12.6. The molecule has 0 heterocycles.